The molecule has 25 heavy (non-hydrogen) atoms. The topological polar surface area (TPSA) is 88.7 Å². The summed E-state index contributed by atoms with van der Waals surface area (Å²) in [6.45, 7) is 3.01. The van der Waals surface area contributed by atoms with Crippen LogP contribution in [0.15, 0.2) is 29.3 Å². The molecule has 0 radical (unpaired) electrons. The second kappa shape index (κ2) is 11.3. The number of amides is 1. The molecule has 0 aromatic heterocycles. The molecule has 6 nitrogen and oxygen atoms in total. The molecule has 0 heterocycles. The van der Waals surface area contributed by atoms with Crippen LogP contribution in [0.5, 0.6) is 0 Å². The number of methoxy groups -OCH3 is 1. The molecule has 1 aliphatic carbocycles. The highest BCUT2D eigenvalue weighted by molar-refractivity contribution is 14.0. The van der Waals surface area contributed by atoms with Crippen molar-refractivity contribution >= 4 is 41.5 Å². The number of anilines is 1. The Kier molecular flexibility index (Phi) is 9.81. The third-order valence-electron chi connectivity index (χ3n) is 4.16. The number of aliphatic imine (C=N–C) groups is 1. The average Bonchev–Trinajstić information content (AvgIpc) is 3.08. The first-order valence-corrected chi connectivity index (χ1v) is 8.53. The van der Waals surface area contributed by atoms with E-state index in [1.807, 2.05) is 31.2 Å². The van der Waals surface area contributed by atoms with Crippen LogP contribution in [0.3, 0.4) is 0 Å². The summed E-state index contributed by atoms with van der Waals surface area (Å²) in [6, 6.07) is 7.85. The van der Waals surface area contributed by atoms with Crippen LogP contribution in [0.2, 0.25) is 0 Å². The standard InChI is InChI=1S/C18H28N4O2.HI/c1-13(12-24-2)21-18(19)20-11-14-6-5-9-16(10-14)22-17(23)15-7-3-4-8-15;/h5-6,9-10,13,15H,3-4,7-8,11-12H2,1-2H3,(H,22,23)(H3,19,20,21);1H. The number of halogens is 1. The minimum absolute atomic E-state index is 0. The molecule has 1 saturated carbocycles. The molecule has 1 aliphatic rings. The van der Waals surface area contributed by atoms with Crippen LogP contribution in [0.4, 0.5) is 5.69 Å². The number of rotatable bonds is 7. The molecule has 1 atom stereocenters. The molecule has 1 amide bonds. The maximum Gasteiger partial charge on any atom is 0.227 e. The van der Waals surface area contributed by atoms with Crippen molar-refractivity contribution < 1.29 is 9.53 Å². The number of nitrogens with zero attached hydrogens (tertiary/aromatic N) is 1. The van der Waals surface area contributed by atoms with E-state index in [4.69, 9.17) is 10.5 Å². The van der Waals surface area contributed by atoms with Crippen molar-refractivity contribution in [3.8, 4) is 0 Å². The Balaban J connectivity index is 0.00000312. The van der Waals surface area contributed by atoms with Gasteiger partial charge in [0, 0.05) is 24.8 Å². The van der Waals surface area contributed by atoms with Crippen molar-refractivity contribution in [2.24, 2.45) is 16.6 Å². The van der Waals surface area contributed by atoms with Gasteiger partial charge in [-0.2, -0.15) is 0 Å². The van der Waals surface area contributed by atoms with Gasteiger partial charge in [0.15, 0.2) is 5.96 Å². The van der Waals surface area contributed by atoms with E-state index in [1.165, 1.54) is 0 Å². The van der Waals surface area contributed by atoms with Crippen LogP contribution in [0.1, 0.15) is 38.2 Å². The number of carbonyl (C=O) groups is 1. The van der Waals surface area contributed by atoms with Crippen LogP contribution in [-0.4, -0.2) is 31.6 Å². The Labute approximate surface area is 167 Å². The van der Waals surface area contributed by atoms with Gasteiger partial charge in [-0.3, -0.25) is 4.79 Å². The van der Waals surface area contributed by atoms with E-state index in [-0.39, 0.29) is 41.8 Å². The molecule has 140 valence electrons. The largest absolute Gasteiger partial charge is 0.383 e. The molecule has 1 aromatic rings. The zero-order chi connectivity index (χ0) is 17.4. The van der Waals surface area contributed by atoms with Crippen molar-refractivity contribution in [2.75, 3.05) is 19.0 Å². The SMILES string of the molecule is COCC(C)NC(N)=NCc1cccc(NC(=O)C2CCCC2)c1.I. The number of hydrogen-bond donors (Lipinski definition) is 3. The summed E-state index contributed by atoms with van der Waals surface area (Å²) >= 11 is 0. The predicted molar refractivity (Wildman–Crippen MR) is 112 cm³/mol. The fourth-order valence-corrected chi connectivity index (χ4v) is 2.95. The molecular formula is C18H29IN4O2. The van der Waals surface area contributed by atoms with E-state index in [0.717, 1.165) is 36.9 Å². The lowest BCUT2D eigenvalue weighted by molar-refractivity contribution is -0.119. The Morgan fingerprint density at radius 2 is 2.12 bits per heavy atom. The summed E-state index contributed by atoms with van der Waals surface area (Å²) in [6.07, 6.45) is 4.30. The summed E-state index contributed by atoms with van der Waals surface area (Å²) in [7, 11) is 1.65. The summed E-state index contributed by atoms with van der Waals surface area (Å²) in [5.74, 6) is 0.677. The molecule has 0 spiro atoms. The lowest BCUT2D eigenvalue weighted by atomic mass is 10.1. The molecule has 1 fully saturated rings. The highest BCUT2D eigenvalue weighted by atomic mass is 127. The molecule has 4 N–H and O–H groups in total. The molecule has 2 rings (SSSR count). The molecule has 0 aliphatic heterocycles. The van der Waals surface area contributed by atoms with Gasteiger partial charge in [-0.05, 0) is 37.5 Å². The van der Waals surface area contributed by atoms with Gasteiger partial charge in [0.25, 0.3) is 0 Å². The van der Waals surface area contributed by atoms with E-state index in [0.29, 0.717) is 19.1 Å². The molecule has 1 aromatic carbocycles. The van der Waals surface area contributed by atoms with Gasteiger partial charge in [-0.25, -0.2) is 4.99 Å². The highest BCUT2D eigenvalue weighted by Crippen LogP contribution is 2.26. The number of benzene rings is 1. The number of nitrogens with one attached hydrogen (secondary N) is 2. The molecule has 1 unspecified atom stereocenters. The van der Waals surface area contributed by atoms with E-state index in [2.05, 4.69) is 15.6 Å². The van der Waals surface area contributed by atoms with E-state index in [1.54, 1.807) is 7.11 Å². The maximum absolute atomic E-state index is 12.2. The normalized spacial score (nSPS) is 16.2. The molecular weight excluding hydrogens is 431 g/mol. The highest BCUT2D eigenvalue weighted by Gasteiger charge is 2.22. The third kappa shape index (κ3) is 7.60. The first-order chi connectivity index (χ1) is 11.6. The van der Waals surface area contributed by atoms with Gasteiger partial charge in [0.1, 0.15) is 0 Å². The predicted octanol–water partition coefficient (Wildman–Crippen LogP) is 2.87. The van der Waals surface area contributed by atoms with Gasteiger partial charge < -0.3 is 21.1 Å². The van der Waals surface area contributed by atoms with E-state index >= 15 is 0 Å². The number of ether oxygens (including phenoxy) is 1. The quantitative estimate of drug-likeness (QED) is 0.332. The van der Waals surface area contributed by atoms with Crippen molar-refractivity contribution in [3.05, 3.63) is 29.8 Å². The zero-order valence-corrected chi connectivity index (χ0v) is 17.3. The van der Waals surface area contributed by atoms with Gasteiger partial charge in [0.05, 0.1) is 13.2 Å². The van der Waals surface area contributed by atoms with Crippen molar-refractivity contribution in [2.45, 2.75) is 45.2 Å². The first-order valence-electron chi connectivity index (χ1n) is 8.53. The lowest BCUT2D eigenvalue weighted by Crippen LogP contribution is -2.40. The van der Waals surface area contributed by atoms with Crippen LogP contribution in [0.25, 0.3) is 0 Å². The van der Waals surface area contributed by atoms with E-state index < -0.39 is 0 Å². The number of nitrogens with two attached hydrogens (primary N) is 1. The second-order valence-corrected chi connectivity index (χ2v) is 6.37. The monoisotopic (exact) mass is 460 g/mol. The lowest BCUT2D eigenvalue weighted by Gasteiger charge is -2.13. The third-order valence-corrected chi connectivity index (χ3v) is 4.16. The van der Waals surface area contributed by atoms with Crippen molar-refractivity contribution in [1.82, 2.24) is 5.32 Å². The van der Waals surface area contributed by atoms with Crippen LogP contribution >= 0.6 is 24.0 Å². The summed E-state index contributed by atoms with van der Waals surface area (Å²) in [5.41, 5.74) is 7.69. The minimum Gasteiger partial charge on any atom is -0.383 e. The number of hydrogen-bond acceptors (Lipinski definition) is 3. The van der Waals surface area contributed by atoms with Gasteiger partial charge in [-0.1, -0.05) is 25.0 Å². The van der Waals surface area contributed by atoms with Crippen molar-refractivity contribution in [1.29, 1.82) is 0 Å². The van der Waals surface area contributed by atoms with Gasteiger partial charge in [0.2, 0.25) is 5.91 Å². The summed E-state index contributed by atoms with van der Waals surface area (Å²) < 4.78 is 5.05. The summed E-state index contributed by atoms with van der Waals surface area (Å²) in [5, 5.41) is 6.08. The summed E-state index contributed by atoms with van der Waals surface area (Å²) in [4.78, 5) is 16.5. The maximum atomic E-state index is 12.2. The van der Waals surface area contributed by atoms with Crippen LogP contribution < -0.4 is 16.4 Å². The van der Waals surface area contributed by atoms with Crippen LogP contribution in [0, 0.1) is 5.92 Å². The first kappa shape index (κ1) is 21.7. The average molecular weight is 460 g/mol. The number of guanidine groups is 1. The Morgan fingerprint density at radius 1 is 1.40 bits per heavy atom. The fraction of sp³-hybridized carbons (Fsp3) is 0.556. The Bertz CT molecular complexity index is 574. The van der Waals surface area contributed by atoms with Gasteiger partial charge in [-0.15, -0.1) is 24.0 Å². The fourth-order valence-electron chi connectivity index (χ4n) is 2.95. The molecule has 0 bridgehead atoms. The van der Waals surface area contributed by atoms with E-state index in [9.17, 15) is 4.79 Å². The Hall–Kier alpha value is -1.35. The number of carbonyl (C=O) groups excluding carboxylic acids is 1. The van der Waals surface area contributed by atoms with Crippen molar-refractivity contribution in [3.63, 3.8) is 0 Å². The smallest absolute Gasteiger partial charge is 0.227 e. The molecule has 0 saturated heterocycles. The zero-order valence-electron chi connectivity index (χ0n) is 15.0. The molecule has 7 heteroatoms. The second-order valence-electron chi connectivity index (χ2n) is 6.37. The van der Waals surface area contributed by atoms with Crippen LogP contribution in [-0.2, 0) is 16.1 Å². The van der Waals surface area contributed by atoms with Gasteiger partial charge >= 0.3 is 0 Å². The minimum atomic E-state index is 0. The Morgan fingerprint density at radius 3 is 2.80 bits per heavy atom.